The Kier molecular flexibility index (Phi) is 6.83. The predicted molar refractivity (Wildman–Crippen MR) is 122 cm³/mol. The SMILES string of the molecule is CC(=O)O[C@H]1C[C@@H](CO[Si](c2ccccc2)(c2ccccc2)C(C)(C)C)OC=C1C. The molecule has 160 valence electrons. The maximum absolute atomic E-state index is 11.5. The fourth-order valence-electron chi connectivity index (χ4n) is 4.19. The summed E-state index contributed by atoms with van der Waals surface area (Å²) in [6.07, 6.45) is 1.88. The van der Waals surface area contributed by atoms with E-state index in [2.05, 4.69) is 69.3 Å². The van der Waals surface area contributed by atoms with E-state index in [0.717, 1.165) is 5.57 Å². The van der Waals surface area contributed by atoms with Gasteiger partial charge < -0.3 is 13.9 Å². The van der Waals surface area contributed by atoms with Gasteiger partial charge in [0.25, 0.3) is 8.32 Å². The second kappa shape index (κ2) is 9.19. The van der Waals surface area contributed by atoms with Crippen molar-refractivity contribution in [3.63, 3.8) is 0 Å². The fraction of sp³-hybridized carbons (Fsp3) is 0.400. The van der Waals surface area contributed by atoms with Crippen molar-refractivity contribution in [3.8, 4) is 0 Å². The number of carbonyl (C=O) groups excluding carboxylic acids is 1. The molecule has 3 rings (SSSR count). The third-order valence-electron chi connectivity index (χ3n) is 5.64. The van der Waals surface area contributed by atoms with E-state index in [4.69, 9.17) is 13.9 Å². The summed E-state index contributed by atoms with van der Waals surface area (Å²) in [6, 6.07) is 21.1. The Hall–Kier alpha value is -2.37. The Labute approximate surface area is 181 Å². The first kappa shape index (κ1) is 22.3. The number of benzene rings is 2. The van der Waals surface area contributed by atoms with Gasteiger partial charge in [0.15, 0.2) is 0 Å². The van der Waals surface area contributed by atoms with E-state index >= 15 is 0 Å². The first-order valence-corrected chi connectivity index (χ1v) is 12.4. The Morgan fingerprint density at radius 1 is 1.03 bits per heavy atom. The van der Waals surface area contributed by atoms with Crippen molar-refractivity contribution in [2.75, 3.05) is 6.61 Å². The molecule has 4 nitrogen and oxygen atoms in total. The van der Waals surface area contributed by atoms with Crippen molar-refractivity contribution in [1.29, 1.82) is 0 Å². The number of ether oxygens (including phenoxy) is 2. The van der Waals surface area contributed by atoms with Crippen LogP contribution >= 0.6 is 0 Å². The summed E-state index contributed by atoms with van der Waals surface area (Å²) in [5.41, 5.74) is 0.923. The van der Waals surface area contributed by atoms with Gasteiger partial charge in [0.05, 0.1) is 12.9 Å². The van der Waals surface area contributed by atoms with Crippen molar-refractivity contribution >= 4 is 24.7 Å². The summed E-state index contributed by atoms with van der Waals surface area (Å²) in [6.45, 7) is 10.6. The fourth-order valence-corrected chi connectivity index (χ4v) is 8.78. The molecule has 0 saturated carbocycles. The summed E-state index contributed by atoms with van der Waals surface area (Å²) in [7, 11) is -2.61. The average molecular weight is 425 g/mol. The summed E-state index contributed by atoms with van der Waals surface area (Å²) >= 11 is 0. The van der Waals surface area contributed by atoms with Gasteiger partial charge in [-0.2, -0.15) is 0 Å². The molecule has 1 heterocycles. The van der Waals surface area contributed by atoms with E-state index in [-0.39, 0.29) is 23.2 Å². The quantitative estimate of drug-likeness (QED) is 0.515. The lowest BCUT2D eigenvalue weighted by molar-refractivity contribution is -0.147. The van der Waals surface area contributed by atoms with Crippen LogP contribution in [0.25, 0.3) is 0 Å². The molecule has 0 N–H and O–H groups in total. The molecule has 30 heavy (non-hydrogen) atoms. The average Bonchev–Trinajstić information content (AvgIpc) is 2.71. The van der Waals surface area contributed by atoms with Crippen LogP contribution in [-0.2, 0) is 18.7 Å². The smallest absolute Gasteiger partial charge is 0.303 e. The van der Waals surface area contributed by atoms with Crippen LogP contribution in [0.1, 0.15) is 41.0 Å². The van der Waals surface area contributed by atoms with Crippen molar-refractivity contribution in [1.82, 2.24) is 0 Å². The maximum atomic E-state index is 11.5. The Bertz CT molecular complexity index is 832. The van der Waals surface area contributed by atoms with Gasteiger partial charge in [-0.3, -0.25) is 4.79 Å². The number of hydrogen-bond donors (Lipinski definition) is 0. The molecule has 0 amide bonds. The molecule has 1 aliphatic heterocycles. The van der Waals surface area contributed by atoms with E-state index in [1.54, 1.807) is 6.26 Å². The molecule has 1 aliphatic rings. The molecular weight excluding hydrogens is 392 g/mol. The van der Waals surface area contributed by atoms with Crippen LogP contribution in [0.4, 0.5) is 0 Å². The number of rotatable bonds is 6. The van der Waals surface area contributed by atoms with Crippen molar-refractivity contribution in [2.45, 2.75) is 58.3 Å². The van der Waals surface area contributed by atoms with Crippen molar-refractivity contribution in [2.24, 2.45) is 0 Å². The second-order valence-electron chi connectivity index (χ2n) is 8.93. The zero-order valence-corrected chi connectivity index (χ0v) is 19.6. The van der Waals surface area contributed by atoms with Gasteiger partial charge in [-0.15, -0.1) is 0 Å². The van der Waals surface area contributed by atoms with E-state index in [1.165, 1.54) is 17.3 Å². The molecule has 0 fully saturated rings. The van der Waals surface area contributed by atoms with Gasteiger partial charge in [-0.1, -0.05) is 81.4 Å². The third-order valence-corrected chi connectivity index (χ3v) is 10.6. The highest BCUT2D eigenvalue weighted by Crippen LogP contribution is 2.37. The first-order chi connectivity index (χ1) is 14.2. The molecular formula is C25H32O4Si. The van der Waals surface area contributed by atoms with E-state index in [1.807, 2.05) is 19.1 Å². The standard InChI is InChI=1S/C25H32O4Si/c1-19-17-27-21(16-24(19)29-20(2)26)18-28-30(25(3,4)5,22-12-8-6-9-13-22)23-14-10-7-11-15-23/h6-15,17,21,24H,16,18H2,1-5H3/t21-,24-/m0/s1. The largest absolute Gasteiger partial charge is 0.495 e. The molecule has 2 aromatic rings. The van der Waals surface area contributed by atoms with Gasteiger partial charge in [-0.25, -0.2) is 0 Å². The molecule has 2 atom stereocenters. The minimum absolute atomic E-state index is 0.0918. The van der Waals surface area contributed by atoms with Crippen LogP contribution in [0.15, 0.2) is 72.5 Å². The highest BCUT2D eigenvalue weighted by Gasteiger charge is 2.50. The summed E-state index contributed by atoms with van der Waals surface area (Å²) < 4.78 is 18.3. The monoisotopic (exact) mass is 424 g/mol. The molecule has 5 heteroatoms. The zero-order valence-electron chi connectivity index (χ0n) is 18.6. The van der Waals surface area contributed by atoms with Crippen LogP contribution < -0.4 is 10.4 Å². The van der Waals surface area contributed by atoms with E-state index in [0.29, 0.717) is 13.0 Å². The van der Waals surface area contributed by atoms with Crippen molar-refractivity contribution in [3.05, 3.63) is 72.5 Å². The normalized spacial score (nSPS) is 19.6. The highest BCUT2D eigenvalue weighted by molar-refractivity contribution is 6.99. The van der Waals surface area contributed by atoms with E-state index in [9.17, 15) is 4.79 Å². The van der Waals surface area contributed by atoms with Crippen LogP contribution in [0.5, 0.6) is 0 Å². The van der Waals surface area contributed by atoms with Gasteiger partial charge in [0.2, 0.25) is 0 Å². The van der Waals surface area contributed by atoms with Crippen LogP contribution in [0.3, 0.4) is 0 Å². The predicted octanol–water partition coefficient (Wildman–Crippen LogP) is 4.19. The summed E-state index contributed by atoms with van der Waals surface area (Å²) in [5, 5.41) is 2.39. The first-order valence-electron chi connectivity index (χ1n) is 10.5. The van der Waals surface area contributed by atoms with Gasteiger partial charge in [-0.05, 0) is 22.3 Å². The lowest BCUT2D eigenvalue weighted by Crippen LogP contribution is -2.67. The van der Waals surface area contributed by atoms with Crippen molar-refractivity contribution < 1.29 is 18.7 Å². The molecule has 0 saturated heterocycles. The topological polar surface area (TPSA) is 44.8 Å². The third kappa shape index (κ3) is 4.68. The minimum atomic E-state index is -2.61. The van der Waals surface area contributed by atoms with Crippen LogP contribution in [0.2, 0.25) is 5.04 Å². The highest BCUT2D eigenvalue weighted by atomic mass is 28.4. The molecule has 2 aromatic carbocycles. The number of esters is 1. The maximum Gasteiger partial charge on any atom is 0.303 e. The Balaban J connectivity index is 1.93. The Morgan fingerprint density at radius 3 is 2.03 bits per heavy atom. The van der Waals surface area contributed by atoms with Gasteiger partial charge in [0.1, 0.15) is 12.2 Å². The van der Waals surface area contributed by atoms with Crippen LogP contribution in [-0.4, -0.2) is 33.1 Å². The Morgan fingerprint density at radius 2 is 1.57 bits per heavy atom. The zero-order chi connectivity index (χ0) is 21.8. The van der Waals surface area contributed by atoms with Crippen LogP contribution in [0, 0.1) is 0 Å². The summed E-state index contributed by atoms with van der Waals surface area (Å²) in [4.78, 5) is 11.5. The molecule has 0 aromatic heterocycles. The number of carbonyl (C=O) groups is 1. The molecule has 0 bridgehead atoms. The minimum Gasteiger partial charge on any atom is -0.495 e. The molecule has 0 unspecified atom stereocenters. The summed E-state index contributed by atoms with van der Waals surface area (Å²) in [5.74, 6) is -0.277. The lowest BCUT2D eigenvalue weighted by atomic mass is 10.0. The molecule has 0 spiro atoms. The van der Waals surface area contributed by atoms with Gasteiger partial charge in [0, 0.05) is 18.9 Å². The number of hydrogen-bond acceptors (Lipinski definition) is 4. The molecule has 0 radical (unpaired) electrons. The lowest BCUT2D eigenvalue weighted by Gasteiger charge is -2.44. The van der Waals surface area contributed by atoms with Gasteiger partial charge >= 0.3 is 5.97 Å². The van der Waals surface area contributed by atoms with E-state index < -0.39 is 8.32 Å². The molecule has 0 aliphatic carbocycles. The second-order valence-corrected chi connectivity index (χ2v) is 13.2.